The summed E-state index contributed by atoms with van der Waals surface area (Å²) in [6.45, 7) is 5.87. The molecule has 0 spiro atoms. The molecule has 0 aliphatic carbocycles. The van der Waals surface area contributed by atoms with Crippen molar-refractivity contribution in [3.8, 4) is 6.07 Å². The van der Waals surface area contributed by atoms with Gasteiger partial charge in [-0.1, -0.05) is 13.8 Å². The van der Waals surface area contributed by atoms with E-state index in [2.05, 4.69) is 5.32 Å². The quantitative estimate of drug-likeness (QED) is 0.867. The number of hydrogen-bond acceptors (Lipinski definition) is 3. The van der Waals surface area contributed by atoms with E-state index in [9.17, 15) is 8.78 Å². The van der Waals surface area contributed by atoms with Crippen molar-refractivity contribution in [2.75, 3.05) is 11.9 Å². The Morgan fingerprint density at radius 3 is 2.22 bits per heavy atom. The van der Waals surface area contributed by atoms with Crippen molar-refractivity contribution in [3.63, 3.8) is 0 Å². The molecule has 0 bridgehead atoms. The highest BCUT2D eigenvalue weighted by atomic mass is 19.1. The maximum atomic E-state index is 13.7. The Morgan fingerprint density at radius 1 is 1.39 bits per heavy atom. The van der Waals surface area contributed by atoms with Crippen LogP contribution in [0.5, 0.6) is 0 Å². The lowest BCUT2D eigenvalue weighted by Crippen LogP contribution is -2.47. The first kappa shape index (κ1) is 14.4. The number of rotatable bonds is 4. The van der Waals surface area contributed by atoms with E-state index in [0.717, 1.165) is 12.1 Å². The largest absolute Gasteiger partial charge is 0.374 e. The summed E-state index contributed by atoms with van der Waals surface area (Å²) in [5.74, 6) is -1.48. The van der Waals surface area contributed by atoms with Gasteiger partial charge in [-0.15, -0.1) is 0 Å². The van der Waals surface area contributed by atoms with Crippen molar-refractivity contribution in [2.24, 2.45) is 11.7 Å². The van der Waals surface area contributed by atoms with Crippen LogP contribution in [0.1, 0.15) is 26.3 Å². The van der Waals surface area contributed by atoms with Gasteiger partial charge in [-0.2, -0.15) is 5.26 Å². The molecule has 5 heteroatoms. The summed E-state index contributed by atoms with van der Waals surface area (Å²) in [4.78, 5) is 0. The first-order valence-electron chi connectivity index (χ1n) is 5.71. The molecule has 1 aromatic rings. The van der Waals surface area contributed by atoms with Gasteiger partial charge in [0.05, 0.1) is 11.6 Å². The Morgan fingerprint density at radius 2 is 1.89 bits per heavy atom. The van der Waals surface area contributed by atoms with E-state index in [0.29, 0.717) is 0 Å². The summed E-state index contributed by atoms with van der Waals surface area (Å²) in [5.41, 5.74) is 4.75. The fourth-order valence-corrected chi connectivity index (χ4v) is 1.47. The highest BCUT2D eigenvalue weighted by Gasteiger charge is 2.28. The third kappa shape index (κ3) is 2.77. The van der Waals surface area contributed by atoms with Gasteiger partial charge >= 0.3 is 0 Å². The van der Waals surface area contributed by atoms with Crippen molar-refractivity contribution in [1.82, 2.24) is 0 Å². The molecule has 0 fully saturated rings. The fraction of sp³-hybridized carbons (Fsp3) is 0.462. The second-order valence-corrected chi connectivity index (χ2v) is 4.83. The third-order valence-electron chi connectivity index (χ3n) is 3.28. The topological polar surface area (TPSA) is 61.8 Å². The molecule has 1 atom stereocenters. The Labute approximate surface area is 106 Å². The van der Waals surface area contributed by atoms with Crippen LogP contribution < -0.4 is 11.1 Å². The van der Waals surface area contributed by atoms with E-state index in [4.69, 9.17) is 11.0 Å². The standard InChI is InChI=1S/C13H17F2N3/c1-8(2)13(3,7-17)18-12-10(14)4-9(6-16)5-11(12)15/h4-5,8,18H,7,17H2,1-3H3. The van der Waals surface area contributed by atoms with Crippen LogP contribution in [0.25, 0.3) is 0 Å². The highest BCUT2D eigenvalue weighted by Crippen LogP contribution is 2.27. The molecule has 0 saturated carbocycles. The van der Waals surface area contributed by atoms with E-state index >= 15 is 0 Å². The van der Waals surface area contributed by atoms with Gasteiger partial charge in [0.1, 0.15) is 5.69 Å². The maximum absolute atomic E-state index is 13.7. The number of anilines is 1. The van der Waals surface area contributed by atoms with Crippen molar-refractivity contribution >= 4 is 5.69 Å². The van der Waals surface area contributed by atoms with Crippen molar-refractivity contribution in [2.45, 2.75) is 26.3 Å². The Bertz CT molecular complexity index is 457. The Balaban J connectivity index is 3.16. The average molecular weight is 253 g/mol. The lowest BCUT2D eigenvalue weighted by molar-refractivity contribution is 0.378. The predicted molar refractivity (Wildman–Crippen MR) is 67.0 cm³/mol. The molecule has 0 radical (unpaired) electrons. The molecule has 3 nitrogen and oxygen atoms in total. The van der Waals surface area contributed by atoms with E-state index in [1.54, 1.807) is 13.0 Å². The highest BCUT2D eigenvalue weighted by molar-refractivity contribution is 5.52. The van der Waals surface area contributed by atoms with Gasteiger partial charge in [0, 0.05) is 12.1 Å². The molecule has 18 heavy (non-hydrogen) atoms. The van der Waals surface area contributed by atoms with Crippen molar-refractivity contribution < 1.29 is 8.78 Å². The predicted octanol–water partition coefficient (Wildman–Crippen LogP) is 2.62. The second kappa shape index (κ2) is 5.32. The SMILES string of the molecule is CC(C)C(C)(CN)Nc1c(F)cc(C#N)cc1F. The van der Waals surface area contributed by atoms with Crippen molar-refractivity contribution in [3.05, 3.63) is 29.3 Å². The third-order valence-corrected chi connectivity index (χ3v) is 3.28. The van der Waals surface area contributed by atoms with Crippen LogP contribution in [0.3, 0.4) is 0 Å². The van der Waals surface area contributed by atoms with E-state index in [1.165, 1.54) is 0 Å². The molecule has 0 aliphatic rings. The minimum atomic E-state index is -0.785. The lowest BCUT2D eigenvalue weighted by Gasteiger charge is -2.34. The molecule has 1 unspecified atom stereocenters. The van der Waals surface area contributed by atoms with E-state index < -0.39 is 17.2 Å². The molecule has 3 N–H and O–H groups in total. The summed E-state index contributed by atoms with van der Waals surface area (Å²) in [5, 5.41) is 11.4. The van der Waals surface area contributed by atoms with Crippen LogP contribution in [-0.2, 0) is 0 Å². The number of nitriles is 1. The van der Waals surface area contributed by atoms with Gasteiger partial charge < -0.3 is 11.1 Å². The van der Waals surface area contributed by atoms with Gasteiger partial charge in [-0.25, -0.2) is 8.78 Å². The minimum Gasteiger partial charge on any atom is -0.374 e. The molecule has 1 aromatic carbocycles. The Hall–Kier alpha value is -1.67. The van der Waals surface area contributed by atoms with Gasteiger partial charge in [0.15, 0.2) is 11.6 Å². The molecular formula is C13H17F2N3. The van der Waals surface area contributed by atoms with Crippen LogP contribution in [0, 0.1) is 28.9 Å². The van der Waals surface area contributed by atoms with Gasteiger partial charge in [0.2, 0.25) is 0 Å². The first-order chi connectivity index (χ1) is 8.34. The lowest BCUT2D eigenvalue weighted by atomic mass is 9.88. The van der Waals surface area contributed by atoms with E-state index in [1.807, 2.05) is 13.8 Å². The maximum Gasteiger partial charge on any atom is 0.150 e. The fourth-order valence-electron chi connectivity index (χ4n) is 1.47. The number of nitrogens with zero attached hydrogens (tertiary/aromatic N) is 1. The van der Waals surface area contributed by atoms with Gasteiger partial charge in [-0.3, -0.25) is 0 Å². The second-order valence-electron chi connectivity index (χ2n) is 4.83. The first-order valence-corrected chi connectivity index (χ1v) is 5.71. The average Bonchev–Trinajstić information content (AvgIpc) is 2.32. The van der Waals surface area contributed by atoms with Crippen LogP contribution in [0.2, 0.25) is 0 Å². The number of nitrogens with two attached hydrogens (primary N) is 1. The number of hydrogen-bond donors (Lipinski definition) is 2. The molecule has 0 aromatic heterocycles. The molecule has 1 rings (SSSR count). The van der Waals surface area contributed by atoms with Crippen LogP contribution in [-0.4, -0.2) is 12.1 Å². The summed E-state index contributed by atoms with van der Waals surface area (Å²) >= 11 is 0. The molecule has 0 saturated heterocycles. The minimum absolute atomic E-state index is 0.0467. The normalized spacial score (nSPS) is 14.1. The monoisotopic (exact) mass is 253 g/mol. The number of nitrogens with one attached hydrogen (secondary N) is 1. The van der Waals surface area contributed by atoms with Crippen molar-refractivity contribution in [1.29, 1.82) is 5.26 Å². The molecule has 0 amide bonds. The summed E-state index contributed by atoms with van der Waals surface area (Å²) in [6, 6.07) is 3.71. The van der Waals surface area contributed by atoms with Crippen LogP contribution >= 0.6 is 0 Å². The summed E-state index contributed by atoms with van der Waals surface area (Å²) in [7, 11) is 0. The molecular weight excluding hydrogens is 236 g/mol. The number of halogens is 2. The zero-order valence-electron chi connectivity index (χ0n) is 10.7. The summed E-state index contributed by atoms with van der Waals surface area (Å²) < 4.78 is 27.5. The number of benzene rings is 1. The van der Waals surface area contributed by atoms with Gasteiger partial charge in [-0.05, 0) is 25.0 Å². The zero-order chi connectivity index (χ0) is 13.9. The smallest absolute Gasteiger partial charge is 0.150 e. The molecule has 0 aliphatic heterocycles. The zero-order valence-corrected chi connectivity index (χ0v) is 10.7. The Kier molecular flexibility index (Phi) is 4.25. The van der Waals surface area contributed by atoms with Crippen LogP contribution in [0.4, 0.5) is 14.5 Å². The van der Waals surface area contributed by atoms with Gasteiger partial charge in [0.25, 0.3) is 0 Å². The van der Waals surface area contributed by atoms with Crippen LogP contribution in [0.15, 0.2) is 12.1 Å². The van der Waals surface area contributed by atoms with E-state index in [-0.39, 0.29) is 23.7 Å². The summed E-state index contributed by atoms with van der Waals surface area (Å²) in [6.07, 6.45) is 0. The molecule has 98 valence electrons. The molecule has 0 heterocycles.